The number of hydrogen-bond acceptors (Lipinski definition) is 11. The summed E-state index contributed by atoms with van der Waals surface area (Å²) in [6, 6.07) is 129. The van der Waals surface area contributed by atoms with Gasteiger partial charge in [0.1, 0.15) is 11.3 Å². The van der Waals surface area contributed by atoms with Crippen LogP contribution in [0.3, 0.4) is 0 Å². The van der Waals surface area contributed by atoms with Gasteiger partial charge in [0.2, 0.25) is 0 Å². The number of hydrogen-bond donors (Lipinski definition) is 0. The smallest absolute Gasteiger partial charge is 0.0493 e. The van der Waals surface area contributed by atoms with Crippen LogP contribution in [0.25, 0.3) is 124 Å². The van der Waals surface area contributed by atoms with Crippen LogP contribution in [0.4, 0.5) is 0 Å². The summed E-state index contributed by atoms with van der Waals surface area (Å²) in [4.78, 5) is 32.3. The van der Waals surface area contributed by atoms with Gasteiger partial charge >= 0.3 is 177 Å². The third-order valence-electron chi connectivity index (χ3n) is 17.4. The van der Waals surface area contributed by atoms with Gasteiger partial charge in [-0.2, -0.15) is 29.4 Å². The van der Waals surface area contributed by atoms with E-state index >= 15 is 0 Å². The standard InChI is InChI=1S/C27H20N2O.2C18H13N3O.2C11H8N.C9H7N2.2Al.Ga.Ir.Pd.Pt.3H/c30-24-19-11-10-18-23(24)27-28-25(20-12-4-1-5-13-20)26(21-14-6-2-7-15-21)29(27)22-16-8-3-9-17-22;2*22-16-11-5-4-9-14(16)17-20-15-10-6-12-19-18(15)21(17)13-7-2-1-3-8-13;2*1-2-6-10(7-3-1)11-8-4-5-9-12-11;1-2-5-9(6-3-1)11-8-4-7-10-11;;;;;;;;;/h1-19,30H;2*1-12,22H;2*1-6,8-9H;1-5,7-8H;;;;;;;;;/q;;;3*-1;3*+1;;;;;;/p-3. The fourth-order valence-electron chi connectivity index (χ4n) is 12.3. The number of benzene rings is 11. The Morgan fingerprint density at radius 3 is 1.12 bits per heavy atom. The molecule has 0 spiro atoms. The molecule has 8 heterocycles. The molecular weight excluding hydrogens is 1960 g/mol. The largest absolute Gasteiger partial charge is 0.305 e. The van der Waals surface area contributed by atoms with Crippen molar-refractivity contribution in [2.75, 3.05) is 0 Å². The average Bonchev–Trinajstić information content (AvgIpc) is 1.64. The minimum Gasteiger partial charge on any atom is -0.305 e. The fraction of sp³-hybridized carbons (Fsp3) is 0. The minimum atomic E-state index is 0. The Morgan fingerprint density at radius 2 is 0.713 bits per heavy atom. The van der Waals surface area contributed by atoms with Gasteiger partial charge in [0.25, 0.3) is 0 Å². The van der Waals surface area contributed by atoms with Gasteiger partial charge < -0.3 is 17.5 Å². The van der Waals surface area contributed by atoms with Crippen LogP contribution in [-0.2, 0) is 61.6 Å². The fourth-order valence-corrected chi connectivity index (χ4v) is 13.4. The van der Waals surface area contributed by atoms with Crippen molar-refractivity contribution >= 4 is 74.5 Å². The molecule has 0 bridgehead atoms. The summed E-state index contributed by atoms with van der Waals surface area (Å²) in [6.45, 7) is 0. The molecule has 8 aromatic heterocycles. The Labute approximate surface area is 737 Å². The molecule has 15 nitrogen and oxygen atoms in total. The summed E-state index contributed by atoms with van der Waals surface area (Å²) in [5, 5.41) is 4.07. The first-order valence-electron chi connectivity index (χ1n) is 35.9. The van der Waals surface area contributed by atoms with E-state index in [1.54, 1.807) is 35.7 Å². The summed E-state index contributed by atoms with van der Waals surface area (Å²) in [7, 11) is 0. The molecule has 0 N–H and O–H groups in total. The molecule has 0 saturated heterocycles. The maximum absolute atomic E-state index is 5.73. The van der Waals surface area contributed by atoms with Gasteiger partial charge in [-0.25, -0.2) is 15.0 Å². The predicted octanol–water partition coefficient (Wildman–Crippen LogP) is 19.4. The molecule has 0 saturated carbocycles. The van der Waals surface area contributed by atoms with Crippen LogP contribution in [0.5, 0.6) is 17.2 Å². The average molecular weight is 2030 g/mol. The summed E-state index contributed by atoms with van der Waals surface area (Å²) in [5.41, 5.74) is 18.6. The summed E-state index contributed by atoms with van der Waals surface area (Å²) in [6.07, 6.45) is 10.8. The first-order chi connectivity index (χ1) is 55.5. The van der Waals surface area contributed by atoms with Crippen molar-refractivity contribution in [2.45, 2.75) is 0 Å². The van der Waals surface area contributed by atoms with Crippen molar-refractivity contribution in [3.63, 3.8) is 0 Å². The van der Waals surface area contributed by atoms with Gasteiger partial charge in [0.15, 0.2) is 11.5 Å². The molecule has 19 rings (SSSR count). The van der Waals surface area contributed by atoms with Crippen LogP contribution in [0.15, 0.2) is 401 Å². The first-order valence-corrected chi connectivity index (χ1v) is 38.2. The number of rotatable bonds is 14. The van der Waals surface area contributed by atoms with E-state index in [4.69, 9.17) is 26.1 Å². The Morgan fingerprint density at radius 1 is 0.330 bits per heavy atom. The number of imidazole rings is 3. The molecule has 0 aliphatic carbocycles. The van der Waals surface area contributed by atoms with Crippen LogP contribution < -0.4 is 11.1 Å². The van der Waals surface area contributed by atoms with E-state index in [1.165, 1.54) is 33.2 Å². The summed E-state index contributed by atoms with van der Waals surface area (Å²) >= 11 is 3.68. The van der Waals surface area contributed by atoms with Gasteiger partial charge in [-0.3, -0.25) is 13.8 Å². The van der Waals surface area contributed by atoms with E-state index in [-0.39, 0.29) is 61.6 Å². The van der Waals surface area contributed by atoms with Gasteiger partial charge in [0.05, 0.1) is 34.0 Å². The van der Waals surface area contributed by atoms with Crippen molar-refractivity contribution in [1.82, 2.24) is 58.4 Å². The molecule has 11 aromatic carbocycles. The van der Waals surface area contributed by atoms with Gasteiger partial charge in [-0.15, -0.1) is 77.9 Å². The van der Waals surface area contributed by atoms with Gasteiger partial charge in [0, 0.05) is 115 Å². The second-order valence-electron chi connectivity index (χ2n) is 24.5. The van der Waals surface area contributed by atoms with Crippen molar-refractivity contribution < 1.29 is 72.7 Å². The van der Waals surface area contributed by atoms with Crippen LogP contribution >= 0.6 is 0 Å². The predicted molar refractivity (Wildman–Crippen MR) is 451 cm³/mol. The number of aromatic nitrogens is 12. The molecule has 21 heteroatoms. The van der Waals surface area contributed by atoms with Crippen molar-refractivity contribution in [3.05, 3.63) is 419 Å². The molecule has 564 valence electrons. The molecular formula is C94H69Al2GaIrN12O3PdPt-3. The Balaban J connectivity index is 0.000000141. The minimum absolute atomic E-state index is 0. The zero-order valence-electron chi connectivity index (χ0n) is 61.8. The van der Waals surface area contributed by atoms with Crippen LogP contribution in [0.1, 0.15) is 0 Å². The molecule has 0 atom stereocenters. The second-order valence-corrected chi connectivity index (χ2v) is 25.7. The van der Waals surface area contributed by atoms with Gasteiger partial charge in [-0.05, 0) is 95.9 Å². The van der Waals surface area contributed by atoms with Crippen molar-refractivity contribution in [3.8, 4) is 119 Å². The van der Waals surface area contributed by atoms with E-state index in [0.717, 1.165) is 160 Å². The zero-order chi connectivity index (χ0) is 76.3. The molecule has 115 heavy (non-hydrogen) atoms. The Bertz CT molecular complexity index is 5780. The van der Waals surface area contributed by atoms with Gasteiger partial charge in [-0.1, -0.05) is 146 Å². The van der Waals surface area contributed by atoms with E-state index < -0.39 is 0 Å². The summed E-state index contributed by atoms with van der Waals surface area (Å²) in [5.74, 6) is 4.98. The quantitative estimate of drug-likeness (QED) is 0.0756. The van der Waals surface area contributed by atoms with Crippen LogP contribution in [-0.4, -0.2) is 111 Å². The Kier molecular flexibility index (Phi) is 32.0. The maximum Gasteiger partial charge on any atom is 0.0493 e. The molecule has 0 aliphatic rings. The third-order valence-corrected chi connectivity index (χ3v) is 18.7. The van der Waals surface area contributed by atoms with E-state index in [1.807, 2.05) is 267 Å². The number of para-hydroxylation sites is 7. The number of fused-ring (bicyclic) bond motifs is 2. The summed E-state index contributed by atoms with van der Waals surface area (Å²) < 4.78 is 25.1. The van der Waals surface area contributed by atoms with Crippen molar-refractivity contribution in [1.29, 1.82) is 0 Å². The Hall–Kier alpha value is -11.5. The van der Waals surface area contributed by atoms with Crippen molar-refractivity contribution in [2.24, 2.45) is 0 Å². The maximum atomic E-state index is 5.73. The monoisotopic (exact) mass is 2030 g/mol. The third kappa shape index (κ3) is 21.3. The molecule has 0 aliphatic heterocycles. The zero-order valence-corrected chi connectivity index (χ0v) is 73.8. The van der Waals surface area contributed by atoms with E-state index in [9.17, 15) is 0 Å². The molecule has 19 aromatic rings. The van der Waals surface area contributed by atoms with E-state index in [0.29, 0.717) is 0 Å². The second kappa shape index (κ2) is 43.7. The molecule has 0 amide bonds. The SMILES string of the molecule is [AlH][O]c1ccccc1-c1nc(-c2ccccc2)c(-c2ccccc2)n1-c1ccccc1.[AlH][O]c1ccccc1-c1nc2cccnc2n1-c1ccccc1.[GaH][O]c1ccccc1-c1nc2cccnc2n1-c1ccccc1.[Ir].[Pd].[Pt].[c-]1ccccc1-c1ccccn1.[c-]1ccccc1-c1ccccn1.[c-]1ccccc1-n1cccn1. The number of nitrogens with zero attached hydrogens (tertiary/aromatic N) is 12. The van der Waals surface area contributed by atoms with Crippen LogP contribution in [0.2, 0.25) is 0 Å². The molecule has 0 fully saturated rings. The number of pyridine rings is 4. The topological polar surface area (TPSA) is 151 Å². The van der Waals surface area contributed by atoms with Crippen LogP contribution in [0, 0.1) is 18.2 Å². The normalized spacial score (nSPS) is 10.2. The molecule has 0 unspecified atom stereocenters. The molecule has 4 radical (unpaired) electrons. The van der Waals surface area contributed by atoms with E-state index in [2.05, 4.69) is 160 Å². The first kappa shape index (κ1) is 84.4.